The SMILES string of the molecule is COc1cccc(-c2nc3c(OC)ccc(OC)c3cc2CN[C@H]2CCCc3ccccc32)c1. The summed E-state index contributed by atoms with van der Waals surface area (Å²) in [6.07, 6.45) is 3.47. The molecule has 5 nitrogen and oxygen atoms in total. The lowest BCUT2D eigenvalue weighted by molar-refractivity contribution is 0.409. The van der Waals surface area contributed by atoms with E-state index in [4.69, 9.17) is 19.2 Å². The van der Waals surface area contributed by atoms with Gasteiger partial charge in [0.05, 0.1) is 27.0 Å². The Kier molecular flexibility index (Phi) is 6.37. The van der Waals surface area contributed by atoms with E-state index in [9.17, 15) is 0 Å². The number of hydrogen-bond acceptors (Lipinski definition) is 5. The average Bonchev–Trinajstić information content (AvgIpc) is 2.90. The topological polar surface area (TPSA) is 52.6 Å². The van der Waals surface area contributed by atoms with Crippen LogP contribution in [-0.2, 0) is 13.0 Å². The van der Waals surface area contributed by atoms with Crippen molar-refractivity contribution >= 4 is 10.9 Å². The van der Waals surface area contributed by atoms with Crippen LogP contribution in [0.3, 0.4) is 0 Å². The normalized spacial score (nSPS) is 15.1. The number of fused-ring (bicyclic) bond motifs is 2. The number of nitrogens with zero attached hydrogens (tertiary/aromatic N) is 1. The van der Waals surface area contributed by atoms with Crippen LogP contribution in [0.25, 0.3) is 22.2 Å². The first kappa shape index (κ1) is 22.2. The fraction of sp³-hybridized carbons (Fsp3) is 0.276. The van der Waals surface area contributed by atoms with E-state index >= 15 is 0 Å². The van der Waals surface area contributed by atoms with Gasteiger partial charge in [0.1, 0.15) is 22.8 Å². The quantitative estimate of drug-likeness (QED) is 0.366. The molecule has 0 unspecified atom stereocenters. The van der Waals surface area contributed by atoms with Crippen LogP contribution in [-0.4, -0.2) is 26.3 Å². The van der Waals surface area contributed by atoms with Gasteiger partial charge in [-0.05, 0) is 66.3 Å². The van der Waals surface area contributed by atoms with E-state index in [2.05, 4.69) is 41.7 Å². The van der Waals surface area contributed by atoms with Gasteiger partial charge in [0.15, 0.2) is 0 Å². The number of hydrogen-bond donors (Lipinski definition) is 1. The summed E-state index contributed by atoms with van der Waals surface area (Å²) in [6.45, 7) is 0.689. The molecule has 1 atom stereocenters. The second kappa shape index (κ2) is 9.74. The fourth-order valence-electron chi connectivity index (χ4n) is 4.95. The van der Waals surface area contributed by atoms with E-state index in [-0.39, 0.29) is 0 Å². The van der Waals surface area contributed by atoms with Crippen LogP contribution in [0.1, 0.15) is 35.6 Å². The molecule has 34 heavy (non-hydrogen) atoms. The number of aromatic nitrogens is 1. The van der Waals surface area contributed by atoms with Crippen LogP contribution >= 0.6 is 0 Å². The summed E-state index contributed by atoms with van der Waals surface area (Å²) in [7, 11) is 5.04. The molecule has 5 rings (SSSR count). The Balaban J connectivity index is 1.60. The molecule has 1 N–H and O–H groups in total. The van der Waals surface area contributed by atoms with Crippen molar-refractivity contribution in [2.24, 2.45) is 0 Å². The molecule has 4 aromatic rings. The van der Waals surface area contributed by atoms with E-state index < -0.39 is 0 Å². The lowest BCUT2D eigenvalue weighted by Gasteiger charge is -2.27. The largest absolute Gasteiger partial charge is 0.497 e. The van der Waals surface area contributed by atoms with Gasteiger partial charge in [0.25, 0.3) is 0 Å². The number of pyridine rings is 1. The number of rotatable bonds is 7. The first-order valence-corrected chi connectivity index (χ1v) is 11.7. The van der Waals surface area contributed by atoms with Crippen LogP contribution in [0.15, 0.2) is 66.7 Å². The van der Waals surface area contributed by atoms with Gasteiger partial charge >= 0.3 is 0 Å². The molecule has 0 spiro atoms. The van der Waals surface area contributed by atoms with E-state index in [0.717, 1.165) is 57.8 Å². The maximum Gasteiger partial charge on any atom is 0.145 e. The second-order valence-corrected chi connectivity index (χ2v) is 8.62. The maximum absolute atomic E-state index is 5.67. The molecule has 0 saturated carbocycles. The Morgan fingerprint density at radius 1 is 0.882 bits per heavy atom. The summed E-state index contributed by atoms with van der Waals surface area (Å²) in [6, 6.07) is 23.2. The molecule has 5 heteroatoms. The number of aryl methyl sites for hydroxylation is 1. The van der Waals surface area contributed by atoms with Gasteiger partial charge in [-0.25, -0.2) is 4.98 Å². The van der Waals surface area contributed by atoms with Crippen LogP contribution in [0, 0.1) is 0 Å². The number of nitrogens with one attached hydrogen (secondary N) is 1. The molecule has 1 aliphatic carbocycles. The van der Waals surface area contributed by atoms with Crippen molar-refractivity contribution in [3.05, 3.63) is 83.4 Å². The molecule has 0 amide bonds. The van der Waals surface area contributed by atoms with Crippen molar-refractivity contribution in [2.45, 2.75) is 31.8 Å². The predicted molar refractivity (Wildman–Crippen MR) is 136 cm³/mol. The van der Waals surface area contributed by atoms with Crippen molar-refractivity contribution < 1.29 is 14.2 Å². The minimum Gasteiger partial charge on any atom is -0.497 e. The third-order valence-electron chi connectivity index (χ3n) is 6.68. The molecule has 3 aromatic carbocycles. The molecule has 0 aliphatic heterocycles. The molecule has 0 bridgehead atoms. The molecule has 1 aromatic heterocycles. The third-order valence-corrected chi connectivity index (χ3v) is 6.68. The molecule has 0 radical (unpaired) electrons. The van der Waals surface area contributed by atoms with Gasteiger partial charge in [0, 0.05) is 23.5 Å². The highest BCUT2D eigenvalue weighted by atomic mass is 16.5. The first-order chi connectivity index (χ1) is 16.7. The predicted octanol–water partition coefficient (Wildman–Crippen LogP) is 6.09. The van der Waals surface area contributed by atoms with Crippen molar-refractivity contribution in [3.8, 4) is 28.5 Å². The zero-order chi connectivity index (χ0) is 23.5. The number of ether oxygens (including phenoxy) is 3. The van der Waals surface area contributed by atoms with Crippen LogP contribution < -0.4 is 19.5 Å². The fourth-order valence-corrected chi connectivity index (χ4v) is 4.95. The van der Waals surface area contributed by atoms with E-state index in [1.165, 1.54) is 17.5 Å². The third kappa shape index (κ3) is 4.19. The molecular formula is C29H30N2O3. The highest BCUT2D eigenvalue weighted by molar-refractivity contribution is 5.93. The highest BCUT2D eigenvalue weighted by Gasteiger charge is 2.21. The number of benzene rings is 3. The Morgan fingerprint density at radius 2 is 1.71 bits per heavy atom. The first-order valence-electron chi connectivity index (χ1n) is 11.7. The molecule has 174 valence electrons. The summed E-state index contributed by atoms with van der Waals surface area (Å²) in [4.78, 5) is 5.11. The Morgan fingerprint density at radius 3 is 2.53 bits per heavy atom. The van der Waals surface area contributed by atoms with E-state index in [0.29, 0.717) is 12.6 Å². The van der Waals surface area contributed by atoms with Crippen LogP contribution in [0.5, 0.6) is 17.2 Å². The second-order valence-electron chi connectivity index (χ2n) is 8.62. The Bertz CT molecular complexity index is 1320. The molecule has 0 saturated heterocycles. The Hall–Kier alpha value is -3.57. The smallest absolute Gasteiger partial charge is 0.145 e. The molecule has 1 aliphatic rings. The van der Waals surface area contributed by atoms with Crippen LogP contribution in [0.2, 0.25) is 0 Å². The summed E-state index contributed by atoms with van der Waals surface area (Å²) >= 11 is 0. The summed E-state index contributed by atoms with van der Waals surface area (Å²) in [5, 5.41) is 4.76. The zero-order valence-electron chi connectivity index (χ0n) is 19.9. The molecular weight excluding hydrogens is 424 g/mol. The van der Waals surface area contributed by atoms with Gasteiger partial charge in [-0.3, -0.25) is 0 Å². The van der Waals surface area contributed by atoms with E-state index in [1.54, 1.807) is 21.3 Å². The van der Waals surface area contributed by atoms with Crippen molar-refractivity contribution in [1.29, 1.82) is 0 Å². The minimum absolute atomic E-state index is 0.325. The summed E-state index contributed by atoms with van der Waals surface area (Å²) in [5.74, 6) is 2.31. The van der Waals surface area contributed by atoms with Gasteiger partial charge in [-0.1, -0.05) is 36.4 Å². The minimum atomic E-state index is 0.325. The highest BCUT2D eigenvalue weighted by Crippen LogP contribution is 2.37. The lowest BCUT2D eigenvalue weighted by Crippen LogP contribution is -2.25. The van der Waals surface area contributed by atoms with Gasteiger partial charge in [-0.2, -0.15) is 0 Å². The lowest BCUT2D eigenvalue weighted by atomic mass is 9.87. The van der Waals surface area contributed by atoms with Gasteiger partial charge < -0.3 is 19.5 Å². The Labute approximate surface area is 200 Å². The van der Waals surface area contributed by atoms with E-state index in [1.807, 2.05) is 30.3 Å². The summed E-state index contributed by atoms with van der Waals surface area (Å²) < 4.78 is 16.8. The number of methoxy groups -OCH3 is 3. The standard InChI is InChI=1S/C29H30N2O3/c1-32-22-11-6-10-20(16-22)28-21(17-24-26(33-2)14-15-27(34-3)29(24)31-28)18-30-25-13-7-9-19-8-4-5-12-23(19)25/h4-6,8,10-12,14-17,25,30H,7,9,13,18H2,1-3H3/t25-/m0/s1. The zero-order valence-corrected chi connectivity index (χ0v) is 19.9. The monoisotopic (exact) mass is 454 g/mol. The average molecular weight is 455 g/mol. The molecule has 1 heterocycles. The van der Waals surface area contributed by atoms with Crippen molar-refractivity contribution in [1.82, 2.24) is 10.3 Å². The summed E-state index contributed by atoms with van der Waals surface area (Å²) in [5.41, 5.74) is 6.66. The van der Waals surface area contributed by atoms with Gasteiger partial charge in [0.2, 0.25) is 0 Å². The van der Waals surface area contributed by atoms with Crippen molar-refractivity contribution in [3.63, 3.8) is 0 Å². The van der Waals surface area contributed by atoms with Crippen LogP contribution in [0.4, 0.5) is 0 Å². The van der Waals surface area contributed by atoms with Gasteiger partial charge in [-0.15, -0.1) is 0 Å². The van der Waals surface area contributed by atoms with Crippen molar-refractivity contribution in [2.75, 3.05) is 21.3 Å². The maximum atomic E-state index is 5.67. The molecule has 0 fully saturated rings.